The maximum absolute atomic E-state index is 6.01. The minimum Gasteiger partial charge on any atom is -0.321 e. The fourth-order valence-electron chi connectivity index (χ4n) is 2.09. The number of rotatable bonds is 1. The van der Waals surface area contributed by atoms with E-state index in [0.29, 0.717) is 0 Å². The van der Waals surface area contributed by atoms with Gasteiger partial charge in [0, 0.05) is 12.1 Å². The second kappa shape index (κ2) is 3.72. The standard InChI is InChI=1S/C12H14N4/c13-10-7-4-8-16-12(10)14-11(15-16)9-5-2-1-3-6-9/h1-3,5-6,10H,4,7-8,13H2. The van der Waals surface area contributed by atoms with E-state index in [9.17, 15) is 0 Å². The molecule has 2 heterocycles. The Kier molecular flexibility index (Phi) is 2.22. The summed E-state index contributed by atoms with van der Waals surface area (Å²) in [5.74, 6) is 1.71. The van der Waals surface area contributed by atoms with Crippen molar-refractivity contribution in [1.29, 1.82) is 0 Å². The smallest absolute Gasteiger partial charge is 0.181 e. The van der Waals surface area contributed by atoms with Crippen LogP contribution in [0.2, 0.25) is 0 Å². The maximum Gasteiger partial charge on any atom is 0.181 e. The van der Waals surface area contributed by atoms with Crippen LogP contribution in [0.4, 0.5) is 0 Å². The second-order valence-electron chi connectivity index (χ2n) is 4.13. The van der Waals surface area contributed by atoms with Gasteiger partial charge >= 0.3 is 0 Å². The van der Waals surface area contributed by atoms with E-state index >= 15 is 0 Å². The van der Waals surface area contributed by atoms with Gasteiger partial charge in [0.2, 0.25) is 0 Å². The Hall–Kier alpha value is -1.68. The molecule has 2 aromatic rings. The number of aryl methyl sites for hydroxylation is 1. The maximum atomic E-state index is 6.01. The van der Waals surface area contributed by atoms with Crippen LogP contribution in [0.5, 0.6) is 0 Å². The Morgan fingerprint density at radius 2 is 2.06 bits per heavy atom. The molecule has 1 aliphatic heterocycles. The van der Waals surface area contributed by atoms with E-state index in [4.69, 9.17) is 5.73 Å². The van der Waals surface area contributed by atoms with Gasteiger partial charge in [-0.25, -0.2) is 9.67 Å². The SMILES string of the molecule is NC1CCCn2nc(-c3ccccc3)nc21. The number of aromatic nitrogens is 3. The van der Waals surface area contributed by atoms with Gasteiger partial charge in [-0.15, -0.1) is 0 Å². The predicted molar refractivity (Wildman–Crippen MR) is 61.6 cm³/mol. The molecule has 1 aromatic heterocycles. The molecule has 1 unspecified atom stereocenters. The van der Waals surface area contributed by atoms with Gasteiger partial charge in [0.25, 0.3) is 0 Å². The van der Waals surface area contributed by atoms with E-state index in [2.05, 4.69) is 10.1 Å². The van der Waals surface area contributed by atoms with Crippen LogP contribution in [0.15, 0.2) is 30.3 Å². The minimum absolute atomic E-state index is 0.0405. The molecule has 0 radical (unpaired) electrons. The lowest BCUT2D eigenvalue weighted by atomic mass is 10.1. The van der Waals surface area contributed by atoms with Crippen LogP contribution in [0.1, 0.15) is 24.7 Å². The molecule has 1 atom stereocenters. The van der Waals surface area contributed by atoms with Crippen LogP contribution >= 0.6 is 0 Å². The second-order valence-corrected chi connectivity index (χ2v) is 4.13. The van der Waals surface area contributed by atoms with Gasteiger partial charge < -0.3 is 5.73 Å². The van der Waals surface area contributed by atoms with Crippen molar-refractivity contribution in [2.75, 3.05) is 0 Å². The minimum atomic E-state index is 0.0405. The van der Waals surface area contributed by atoms with Crippen LogP contribution in [-0.2, 0) is 6.54 Å². The van der Waals surface area contributed by atoms with Gasteiger partial charge in [-0.05, 0) is 12.8 Å². The fourth-order valence-corrected chi connectivity index (χ4v) is 2.09. The molecule has 0 saturated carbocycles. The highest BCUT2D eigenvalue weighted by Crippen LogP contribution is 2.23. The van der Waals surface area contributed by atoms with Crippen molar-refractivity contribution in [3.05, 3.63) is 36.2 Å². The highest BCUT2D eigenvalue weighted by molar-refractivity contribution is 5.54. The number of benzene rings is 1. The van der Waals surface area contributed by atoms with Crippen LogP contribution in [0, 0.1) is 0 Å². The van der Waals surface area contributed by atoms with Gasteiger partial charge in [0.15, 0.2) is 5.82 Å². The first-order chi connectivity index (χ1) is 7.84. The lowest BCUT2D eigenvalue weighted by Gasteiger charge is -2.17. The Labute approximate surface area is 94.1 Å². The van der Waals surface area contributed by atoms with Gasteiger partial charge in [0.1, 0.15) is 5.82 Å². The molecule has 0 amide bonds. The number of nitrogens with zero attached hydrogens (tertiary/aromatic N) is 3. The summed E-state index contributed by atoms with van der Waals surface area (Å²) >= 11 is 0. The molecule has 2 N–H and O–H groups in total. The summed E-state index contributed by atoms with van der Waals surface area (Å²) in [7, 11) is 0. The van der Waals surface area contributed by atoms with Crippen LogP contribution < -0.4 is 5.73 Å². The third-order valence-corrected chi connectivity index (χ3v) is 2.95. The molecule has 1 aromatic carbocycles. The lowest BCUT2D eigenvalue weighted by molar-refractivity contribution is 0.422. The fraction of sp³-hybridized carbons (Fsp3) is 0.333. The normalized spacial score (nSPS) is 19.4. The summed E-state index contributed by atoms with van der Waals surface area (Å²) in [4.78, 5) is 4.53. The zero-order valence-electron chi connectivity index (χ0n) is 9.00. The molecular weight excluding hydrogens is 200 g/mol. The highest BCUT2D eigenvalue weighted by atomic mass is 15.4. The predicted octanol–water partition coefficient (Wildman–Crippen LogP) is 1.74. The third-order valence-electron chi connectivity index (χ3n) is 2.95. The summed E-state index contributed by atoms with van der Waals surface area (Å²) in [5.41, 5.74) is 7.07. The van der Waals surface area contributed by atoms with E-state index in [1.165, 1.54) is 0 Å². The van der Waals surface area contributed by atoms with Crippen molar-refractivity contribution in [2.45, 2.75) is 25.4 Å². The van der Waals surface area contributed by atoms with Crippen LogP contribution in [0.3, 0.4) is 0 Å². The van der Waals surface area contributed by atoms with E-state index in [-0.39, 0.29) is 6.04 Å². The van der Waals surface area contributed by atoms with E-state index in [0.717, 1.165) is 36.6 Å². The van der Waals surface area contributed by atoms with Gasteiger partial charge in [-0.3, -0.25) is 0 Å². The monoisotopic (exact) mass is 214 g/mol. The molecule has 4 nitrogen and oxygen atoms in total. The highest BCUT2D eigenvalue weighted by Gasteiger charge is 2.21. The molecule has 0 aliphatic carbocycles. The third kappa shape index (κ3) is 1.51. The molecule has 0 fully saturated rings. The Bertz CT molecular complexity index is 489. The van der Waals surface area contributed by atoms with E-state index < -0.39 is 0 Å². The largest absolute Gasteiger partial charge is 0.321 e. The number of fused-ring (bicyclic) bond motifs is 1. The number of hydrogen-bond donors (Lipinski definition) is 1. The molecule has 0 spiro atoms. The zero-order valence-corrected chi connectivity index (χ0v) is 9.00. The summed E-state index contributed by atoms with van der Waals surface area (Å²) < 4.78 is 1.94. The first kappa shape index (κ1) is 9.54. The molecule has 4 heteroatoms. The zero-order chi connectivity index (χ0) is 11.0. The van der Waals surface area contributed by atoms with Crippen molar-refractivity contribution in [3.8, 4) is 11.4 Å². The Morgan fingerprint density at radius 1 is 1.25 bits per heavy atom. The first-order valence-corrected chi connectivity index (χ1v) is 5.60. The molecular formula is C12H14N4. The van der Waals surface area contributed by atoms with Crippen LogP contribution in [0.25, 0.3) is 11.4 Å². The van der Waals surface area contributed by atoms with Gasteiger partial charge in [-0.2, -0.15) is 5.10 Å². The molecule has 1 aliphatic rings. The van der Waals surface area contributed by atoms with Crippen molar-refractivity contribution >= 4 is 0 Å². The molecule has 82 valence electrons. The van der Waals surface area contributed by atoms with E-state index in [1.807, 2.05) is 35.0 Å². The van der Waals surface area contributed by atoms with Crippen molar-refractivity contribution in [3.63, 3.8) is 0 Å². The number of nitrogens with two attached hydrogens (primary N) is 1. The molecule has 3 rings (SSSR count). The first-order valence-electron chi connectivity index (χ1n) is 5.60. The van der Waals surface area contributed by atoms with Crippen molar-refractivity contribution in [1.82, 2.24) is 14.8 Å². The Balaban J connectivity index is 2.05. The molecule has 0 saturated heterocycles. The van der Waals surface area contributed by atoms with Crippen molar-refractivity contribution < 1.29 is 0 Å². The average molecular weight is 214 g/mol. The van der Waals surface area contributed by atoms with Crippen LogP contribution in [-0.4, -0.2) is 14.8 Å². The van der Waals surface area contributed by atoms with E-state index in [1.54, 1.807) is 0 Å². The summed E-state index contributed by atoms with van der Waals surface area (Å²) in [6.45, 7) is 0.933. The topological polar surface area (TPSA) is 56.7 Å². The summed E-state index contributed by atoms with van der Waals surface area (Å²) in [6.07, 6.45) is 2.10. The lowest BCUT2D eigenvalue weighted by Crippen LogP contribution is -2.22. The summed E-state index contributed by atoms with van der Waals surface area (Å²) in [5, 5.41) is 4.50. The van der Waals surface area contributed by atoms with Crippen molar-refractivity contribution in [2.24, 2.45) is 5.73 Å². The average Bonchev–Trinajstić information content (AvgIpc) is 2.76. The number of hydrogen-bond acceptors (Lipinski definition) is 3. The van der Waals surface area contributed by atoms with Gasteiger partial charge in [0.05, 0.1) is 6.04 Å². The molecule has 16 heavy (non-hydrogen) atoms. The Morgan fingerprint density at radius 3 is 2.81 bits per heavy atom. The van der Waals surface area contributed by atoms with Gasteiger partial charge in [-0.1, -0.05) is 30.3 Å². The summed E-state index contributed by atoms with van der Waals surface area (Å²) in [6, 6.07) is 10.1. The molecule has 0 bridgehead atoms. The quantitative estimate of drug-likeness (QED) is 0.786.